The maximum absolute atomic E-state index is 10.9. The zero-order valence-corrected chi connectivity index (χ0v) is 11.3. The van der Waals surface area contributed by atoms with Gasteiger partial charge in [-0.2, -0.15) is 0 Å². The Labute approximate surface area is 105 Å². The van der Waals surface area contributed by atoms with Crippen molar-refractivity contribution in [2.24, 2.45) is 5.92 Å². The second-order valence-corrected chi connectivity index (χ2v) is 5.35. The topological polar surface area (TPSA) is 42.2 Å². The molecule has 90 valence electrons. The van der Waals surface area contributed by atoms with Crippen LogP contribution >= 0.6 is 15.9 Å². The molecule has 1 heterocycles. The Morgan fingerprint density at radius 1 is 1.50 bits per heavy atom. The van der Waals surface area contributed by atoms with Crippen molar-refractivity contribution >= 4 is 21.9 Å². The van der Waals surface area contributed by atoms with Crippen molar-refractivity contribution in [3.05, 3.63) is 22.4 Å². The van der Waals surface area contributed by atoms with Gasteiger partial charge in [0.1, 0.15) is 5.69 Å². The van der Waals surface area contributed by atoms with E-state index in [4.69, 9.17) is 5.11 Å². The predicted molar refractivity (Wildman–Crippen MR) is 67.8 cm³/mol. The van der Waals surface area contributed by atoms with Gasteiger partial charge in [0, 0.05) is 17.2 Å². The van der Waals surface area contributed by atoms with Crippen molar-refractivity contribution in [2.45, 2.75) is 39.7 Å². The highest BCUT2D eigenvalue weighted by molar-refractivity contribution is 9.10. The van der Waals surface area contributed by atoms with Gasteiger partial charge in [0.15, 0.2) is 0 Å². The molecular formula is C12H18BrNO2. The Balaban J connectivity index is 2.50. The van der Waals surface area contributed by atoms with E-state index in [0.717, 1.165) is 29.8 Å². The molecule has 1 N–H and O–H groups in total. The highest BCUT2D eigenvalue weighted by Gasteiger charge is 2.10. The van der Waals surface area contributed by atoms with Crippen molar-refractivity contribution in [1.82, 2.24) is 4.57 Å². The maximum atomic E-state index is 10.9. The number of carboxylic acid groups (broad SMARTS) is 1. The van der Waals surface area contributed by atoms with E-state index in [-0.39, 0.29) is 0 Å². The number of aromatic nitrogens is 1. The standard InChI is InChI=1S/C12H18BrNO2/c1-9(2)5-3-4-6-14-8-10(13)7-11(14)12(15)16/h7-9H,3-6H2,1-2H3,(H,15,16). The van der Waals surface area contributed by atoms with Crippen LogP contribution in [0.25, 0.3) is 0 Å². The van der Waals surface area contributed by atoms with E-state index in [1.54, 1.807) is 10.6 Å². The first-order valence-corrected chi connectivity index (χ1v) is 6.39. The van der Waals surface area contributed by atoms with Crippen LogP contribution < -0.4 is 0 Å². The molecule has 0 unspecified atom stereocenters. The van der Waals surface area contributed by atoms with Gasteiger partial charge in [0.2, 0.25) is 0 Å². The molecule has 0 atom stereocenters. The zero-order chi connectivity index (χ0) is 12.1. The van der Waals surface area contributed by atoms with Crippen molar-refractivity contribution in [3.8, 4) is 0 Å². The third-order valence-electron chi connectivity index (χ3n) is 2.51. The van der Waals surface area contributed by atoms with Gasteiger partial charge in [-0.05, 0) is 34.3 Å². The number of aromatic carboxylic acids is 1. The third kappa shape index (κ3) is 4.00. The van der Waals surface area contributed by atoms with Crippen LogP contribution in [-0.2, 0) is 6.54 Å². The zero-order valence-electron chi connectivity index (χ0n) is 9.74. The number of halogens is 1. The van der Waals surface area contributed by atoms with Crippen LogP contribution in [0, 0.1) is 5.92 Å². The van der Waals surface area contributed by atoms with E-state index in [1.165, 1.54) is 6.42 Å². The van der Waals surface area contributed by atoms with Crippen molar-refractivity contribution < 1.29 is 9.90 Å². The Kier molecular flexibility index (Phi) is 5.06. The van der Waals surface area contributed by atoms with E-state index < -0.39 is 5.97 Å². The van der Waals surface area contributed by atoms with Crippen LogP contribution in [0.2, 0.25) is 0 Å². The molecule has 0 aliphatic heterocycles. The van der Waals surface area contributed by atoms with Gasteiger partial charge in [-0.25, -0.2) is 4.79 Å². The first-order chi connectivity index (χ1) is 7.50. The van der Waals surface area contributed by atoms with Crippen LogP contribution in [-0.4, -0.2) is 15.6 Å². The number of nitrogens with zero attached hydrogens (tertiary/aromatic N) is 1. The Morgan fingerprint density at radius 3 is 2.75 bits per heavy atom. The summed E-state index contributed by atoms with van der Waals surface area (Å²) >= 11 is 3.30. The summed E-state index contributed by atoms with van der Waals surface area (Å²) in [5.74, 6) is -0.148. The summed E-state index contributed by atoms with van der Waals surface area (Å²) in [6, 6.07) is 1.64. The third-order valence-corrected chi connectivity index (χ3v) is 2.95. The number of aryl methyl sites for hydroxylation is 1. The van der Waals surface area contributed by atoms with Gasteiger partial charge in [0.05, 0.1) is 0 Å². The Hall–Kier alpha value is -0.770. The maximum Gasteiger partial charge on any atom is 0.352 e. The molecule has 0 aliphatic carbocycles. The van der Waals surface area contributed by atoms with Gasteiger partial charge >= 0.3 is 5.97 Å². The first kappa shape index (κ1) is 13.3. The molecule has 4 heteroatoms. The lowest BCUT2D eigenvalue weighted by molar-refractivity contribution is 0.0685. The second-order valence-electron chi connectivity index (χ2n) is 4.43. The average Bonchev–Trinajstić information content (AvgIpc) is 2.54. The molecule has 0 aliphatic rings. The second kappa shape index (κ2) is 6.09. The first-order valence-electron chi connectivity index (χ1n) is 5.59. The molecule has 1 aromatic heterocycles. The van der Waals surface area contributed by atoms with Crippen LogP contribution in [0.3, 0.4) is 0 Å². The minimum Gasteiger partial charge on any atom is -0.477 e. The number of hydrogen-bond donors (Lipinski definition) is 1. The molecule has 0 fully saturated rings. The molecule has 0 radical (unpaired) electrons. The van der Waals surface area contributed by atoms with E-state index in [9.17, 15) is 4.79 Å². The summed E-state index contributed by atoms with van der Waals surface area (Å²) in [7, 11) is 0. The Bertz CT molecular complexity index is 358. The molecule has 0 amide bonds. The fraction of sp³-hybridized carbons (Fsp3) is 0.583. The summed E-state index contributed by atoms with van der Waals surface area (Å²) < 4.78 is 2.63. The number of carboxylic acids is 1. The normalized spacial score (nSPS) is 11.0. The van der Waals surface area contributed by atoms with Gasteiger partial charge in [-0.1, -0.05) is 26.7 Å². The fourth-order valence-corrected chi connectivity index (χ4v) is 2.14. The highest BCUT2D eigenvalue weighted by atomic mass is 79.9. The van der Waals surface area contributed by atoms with E-state index in [2.05, 4.69) is 29.8 Å². The molecule has 3 nitrogen and oxygen atoms in total. The molecule has 1 aromatic rings. The average molecular weight is 288 g/mol. The van der Waals surface area contributed by atoms with Crippen molar-refractivity contribution in [1.29, 1.82) is 0 Å². The molecule has 0 spiro atoms. The number of hydrogen-bond acceptors (Lipinski definition) is 1. The van der Waals surface area contributed by atoms with Gasteiger partial charge in [-0.3, -0.25) is 0 Å². The number of rotatable bonds is 6. The van der Waals surface area contributed by atoms with Crippen LogP contribution in [0.1, 0.15) is 43.6 Å². The van der Waals surface area contributed by atoms with E-state index in [0.29, 0.717) is 5.69 Å². The quantitative estimate of drug-likeness (QED) is 0.809. The summed E-state index contributed by atoms with van der Waals surface area (Å²) in [5.41, 5.74) is 0.358. The largest absolute Gasteiger partial charge is 0.477 e. The molecule has 0 saturated carbocycles. The van der Waals surface area contributed by atoms with Crippen LogP contribution in [0.15, 0.2) is 16.7 Å². The SMILES string of the molecule is CC(C)CCCCn1cc(Br)cc1C(=O)O. The minimum absolute atomic E-state index is 0.358. The summed E-state index contributed by atoms with van der Waals surface area (Å²) in [5, 5.41) is 8.98. The van der Waals surface area contributed by atoms with Gasteiger partial charge < -0.3 is 9.67 Å². The van der Waals surface area contributed by atoms with Crippen molar-refractivity contribution in [3.63, 3.8) is 0 Å². The minimum atomic E-state index is -0.866. The van der Waals surface area contributed by atoms with Crippen molar-refractivity contribution in [2.75, 3.05) is 0 Å². The summed E-state index contributed by atoms with van der Waals surface area (Å²) in [6.45, 7) is 5.18. The Morgan fingerprint density at radius 2 is 2.19 bits per heavy atom. The molecule has 0 aromatic carbocycles. The predicted octanol–water partition coefficient (Wildman–Crippen LogP) is 3.78. The lowest BCUT2D eigenvalue weighted by atomic mass is 10.1. The van der Waals surface area contributed by atoms with Gasteiger partial charge in [-0.15, -0.1) is 0 Å². The molecule has 0 bridgehead atoms. The number of carbonyl (C=O) groups is 1. The monoisotopic (exact) mass is 287 g/mol. The highest BCUT2D eigenvalue weighted by Crippen LogP contribution is 2.16. The summed E-state index contributed by atoms with van der Waals surface area (Å²) in [6.07, 6.45) is 5.20. The molecular weight excluding hydrogens is 270 g/mol. The lowest BCUT2D eigenvalue weighted by Crippen LogP contribution is -2.07. The van der Waals surface area contributed by atoms with E-state index >= 15 is 0 Å². The van der Waals surface area contributed by atoms with Gasteiger partial charge in [0.25, 0.3) is 0 Å². The lowest BCUT2D eigenvalue weighted by Gasteiger charge is -2.07. The fourth-order valence-electron chi connectivity index (χ4n) is 1.67. The van der Waals surface area contributed by atoms with Crippen LogP contribution in [0.4, 0.5) is 0 Å². The van der Waals surface area contributed by atoms with E-state index in [1.807, 2.05) is 6.20 Å². The number of unbranched alkanes of at least 4 members (excludes halogenated alkanes) is 1. The smallest absolute Gasteiger partial charge is 0.352 e. The molecule has 16 heavy (non-hydrogen) atoms. The molecule has 1 rings (SSSR count). The summed E-state index contributed by atoms with van der Waals surface area (Å²) in [4.78, 5) is 10.9. The molecule has 0 saturated heterocycles. The van der Waals surface area contributed by atoms with Crippen LogP contribution in [0.5, 0.6) is 0 Å².